The van der Waals surface area contributed by atoms with Gasteiger partial charge in [0, 0.05) is 0 Å². The average molecular weight is 294 g/mol. The van der Waals surface area contributed by atoms with Crippen molar-refractivity contribution in [2.75, 3.05) is 19.7 Å². The average Bonchev–Trinajstić information content (AvgIpc) is 2.42. The van der Waals surface area contributed by atoms with E-state index in [-0.39, 0.29) is 0 Å². The summed E-state index contributed by atoms with van der Waals surface area (Å²) >= 11 is 0. The topological polar surface area (TPSA) is 99.4 Å². The van der Waals surface area contributed by atoms with E-state index in [1.807, 2.05) is 6.92 Å². The van der Waals surface area contributed by atoms with Gasteiger partial charge in [-0.1, -0.05) is 19.1 Å². The Bertz CT molecular complexity index is 500. The summed E-state index contributed by atoms with van der Waals surface area (Å²) in [4.78, 5) is 21.3. The minimum atomic E-state index is -1.14. The molecule has 0 radical (unpaired) electrons. The Morgan fingerprint density at radius 1 is 1.29 bits per heavy atom. The maximum Gasteiger partial charge on any atom is 0.324 e. The molecule has 0 fully saturated rings. The summed E-state index contributed by atoms with van der Waals surface area (Å²) in [7, 11) is 0. The maximum absolute atomic E-state index is 10.6. The van der Waals surface area contributed by atoms with Crippen molar-refractivity contribution in [1.82, 2.24) is 5.01 Å². The first kappa shape index (κ1) is 16.5. The first-order chi connectivity index (χ1) is 10.0. The van der Waals surface area contributed by atoms with Gasteiger partial charge in [0.25, 0.3) is 0 Å². The Labute approximate surface area is 122 Å². The Morgan fingerprint density at radius 3 is 2.52 bits per heavy atom. The first-order valence-electron chi connectivity index (χ1n) is 6.46. The highest BCUT2D eigenvalue weighted by Crippen LogP contribution is 2.12. The van der Waals surface area contributed by atoms with Crippen molar-refractivity contribution in [3.63, 3.8) is 0 Å². The summed E-state index contributed by atoms with van der Waals surface area (Å²) in [5.41, 5.74) is 0.699. The van der Waals surface area contributed by atoms with Crippen LogP contribution < -0.4 is 4.74 Å². The molecule has 0 aliphatic rings. The summed E-state index contributed by atoms with van der Waals surface area (Å²) < 4.78 is 5.47. The molecule has 1 aromatic carbocycles. The zero-order chi connectivity index (χ0) is 15.7. The predicted molar refractivity (Wildman–Crippen MR) is 76.7 cm³/mol. The number of benzene rings is 1. The molecule has 0 heterocycles. The molecule has 0 unspecified atom stereocenters. The van der Waals surface area contributed by atoms with Gasteiger partial charge < -0.3 is 14.9 Å². The van der Waals surface area contributed by atoms with E-state index < -0.39 is 25.0 Å². The molecule has 0 spiro atoms. The molecule has 1 rings (SSSR count). The van der Waals surface area contributed by atoms with Crippen LogP contribution in [-0.2, 0) is 9.59 Å². The molecule has 0 amide bonds. The van der Waals surface area contributed by atoms with Gasteiger partial charge in [-0.3, -0.25) is 14.6 Å². The van der Waals surface area contributed by atoms with Crippen molar-refractivity contribution in [3.8, 4) is 5.75 Å². The summed E-state index contributed by atoms with van der Waals surface area (Å²) in [6.45, 7) is 1.65. The largest absolute Gasteiger partial charge is 0.494 e. The molecule has 0 aliphatic carbocycles. The van der Waals surface area contributed by atoms with Crippen LogP contribution in [0.4, 0.5) is 0 Å². The summed E-state index contributed by atoms with van der Waals surface area (Å²) in [5.74, 6) is -1.61. The highest BCUT2D eigenvalue weighted by atomic mass is 16.5. The van der Waals surface area contributed by atoms with Crippen LogP contribution >= 0.6 is 0 Å². The van der Waals surface area contributed by atoms with E-state index in [1.165, 1.54) is 6.21 Å². The molecular weight excluding hydrogens is 276 g/mol. The number of ether oxygens (including phenoxy) is 1. The number of nitrogens with zero attached hydrogens (tertiary/aromatic N) is 2. The smallest absolute Gasteiger partial charge is 0.324 e. The van der Waals surface area contributed by atoms with Crippen LogP contribution in [0.2, 0.25) is 0 Å². The molecule has 0 aliphatic heterocycles. The molecule has 0 bridgehead atoms. The fraction of sp³-hybridized carbons (Fsp3) is 0.357. The molecule has 1 aromatic rings. The molecular formula is C14H18N2O5. The monoisotopic (exact) mass is 294 g/mol. The van der Waals surface area contributed by atoms with Gasteiger partial charge >= 0.3 is 11.9 Å². The Morgan fingerprint density at radius 2 is 1.95 bits per heavy atom. The lowest BCUT2D eigenvalue weighted by Gasteiger charge is -2.13. The fourth-order valence-corrected chi connectivity index (χ4v) is 1.50. The van der Waals surface area contributed by atoms with Crippen molar-refractivity contribution in [2.45, 2.75) is 13.3 Å². The quantitative estimate of drug-likeness (QED) is 0.526. The molecule has 114 valence electrons. The summed E-state index contributed by atoms with van der Waals surface area (Å²) in [5, 5.41) is 22.3. The van der Waals surface area contributed by atoms with E-state index in [4.69, 9.17) is 14.9 Å². The van der Waals surface area contributed by atoms with Crippen LogP contribution in [0.25, 0.3) is 0 Å². The number of hydrazone groups is 1. The Hall–Kier alpha value is -2.57. The lowest BCUT2D eigenvalue weighted by atomic mass is 10.2. The number of rotatable bonds is 9. The van der Waals surface area contributed by atoms with E-state index in [0.717, 1.165) is 11.4 Å². The second kappa shape index (κ2) is 8.57. The molecule has 7 heteroatoms. The van der Waals surface area contributed by atoms with Gasteiger partial charge in [0.15, 0.2) is 0 Å². The Kier molecular flexibility index (Phi) is 6.73. The molecule has 0 aromatic heterocycles. The van der Waals surface area contributed by atoms with Crippen LogP contribution in [0.15, 0.2) is 29.4 Å². The maximum atomic E-state index is 10.6. The fourth-order valence-electron chi connectivity index (χ4n) is 1.50. The third-order valence-corrected chi connectivity index (χ3v) is 2.34. The molecule has 2 N–H and O–H groups in total. The van der Waals surface area contributed by atoms with Crippen LogP contribution in [0, 0.1) is 0 Å². The molecule has 7 nitrogen and oxygen atoms in total. The minimum absolute atomic E-state index is 0.477. The predicted octanol–water partition coefficient (Wildman–Crippen LogP) is 1.28. The van der Waals surface area contributed by atoms with Gasteiger partial charge in [0.05, 0.1) is 12.8 Å². The van der Waals surface area contributed by atoms with Crippen molar-refractivity contribution in [1.29, 1.82) is 0 Å². The van der Waals surface area contributed by atoms with Crippen molar-refractivity contribution in [3.05, 3.63) is 29.8 Å². The summed E-state index contributed by atoms with van der Waals surface area (Å²) in [6, 6.07) is 7.10. The third kappa shape index (κ3) is 6.95. The number of carboxylic acid groups (broad SMARTS) is 2. The third-order valence-electron chi connectivity index (χ3n) is 2.34. The zero-order valence-corrected chi connectivity index (χ0v) is 11.7. The lowest BCUT2D eigenvalue weighted by molar-refractivity contribution is -0.141. The van der Waals surface area contributed by atoms with Crippen LogP contribution in [0.5, 0.6) is 5.75 Å². The zero-order valence-electron chi connectivity index (χ0n) is 11.7. The van der Waals surface area contributed by atoms with Crippen LogP contribution in [-0.4, -0.2) is 53.1 Å². The Balaban J connectivity index is 2.75. The van der Waals surface area contributed by atoms with Gasteiger partial charge in [-0.25, -0.2) is 0 Å². The normalized spacial score (nSPS) is 10.5. The van der Waals surface area contributed by atoms with E-state index in [1.54, 1.807) is 24.3 Å². The van der Waals surface area contributed by atoms with Crippen LogP contribution in [0.3, 0.4) is 0 Å². The van der Waals surface area contributed by atoms with Crippen molar-refractivity contribution >= 4 is 18.2 Å². The van der Waals surface area contributed by atoms with E-state index >= 15 is 0 Å². The molecule has 0 atom stereocenters. The van der Waals surface area contributed by atoms with E-state index in [0.29, 0.717) is 17.9 Å². The summed E-state index contributed by atoms with van der Waals surface area (Å²) in [6.07, 6.45) is 2.30. The second-order valence-corrected chi connectivity index (χ2v) is 4.28. The molecule has 21 heavy (non-hydrogen) atoms. The van der Waals surface area contributed by atoms with E-state index in [2.05, 4.69) is 5.10 Å². The van der Waals surface area contributed by atoms with Crippen LogP contribution in [0.1, 0.15) is 18.9 Å². The van der Waals surface area contributed by atoms with Gasteiger partial charge in [0.1, 0.15) is 18.8 Å². The lowest BCUT2D eigenvalue weighted by Crippen LogP contribution is -2.30. The highest BCUT2D eigenvalue weighted by Gasteiger charge is 2.10. The van der Waals surface area contributed by atoms with E-state index in [9.17, 15) is 9.59 Å². The van der Waals surface area contributed by atoms with Crippen molar-refractivity contribution < 1.29 is 24.5 Å². The number of aliphatic carboxylic acids is 2. The molecule has 0 saturated heterocycles. The van der Waals surface area contributed by atoms with Gasteiger partial charge in [-0.15, -0.1) is 0 Å². The van der Waals surface area contributed by atoms with Gasteiger partial charge in [0.2, 0.25) is 0 Å². The minimum Gasteiger partial charge on any atom is -0.494 e. The highest BCUT2D eigenvalue weighted by molar-refractivity contribution is 5.80. The molecule has 0 saturated carbocycles. The second-order valence-electron chi connectivity index (χ2n) is 4.28. The number of hydrogen-bond acceptors (Lipinski definition) is 5. The van der Waals surface area contributed by atoms with Crippen molar-refractivity contribution in [2.24, 2.45) is 5.10 Å². The number of carbonyl (C=O) groups is 2. The van der Waals surface area contributed by atoms with Gasteiger partial charge in [-0.05, 0) is 24.1 Å². The SMILES string of the molecule is CCCOc1cccc(/C=N\N(CC(=O)O)CC(=O)O)c1. The number of carboxylic acids is 2. The number of hydrogen-bond donors (Lipinski definition) is 2. The standard InChI is InChI=1S/C14H18N2O5/c1-2-6-21-12-5-3-4-11(7-12)8-15-16(9-13(17)18)10-14(19)20/h3-5,7-8H,2,6,9-10H2,1H3,(H,17,18)(H,19,20)/b15-8-. The van der Waals surface area contributed by atoms with Gasteiger partial charge in [-0.2, -0.15) is 5.10 Å². The first-order valence-corrected chi connectivity index (χ1v) is 6.46.